The summed E-state index contributed by atoms with van der Waals surface area (Å²) in [6.07, 6.45) is -0.801. The maximum absolute atomic E-state index is 13.4. The highest BCUT2D eigenvalue weighted by atomic mass is 35.5. The van der Waals surface area contributed by atoms with Crippen molar-refractivity contribution in [2.75, 3.05) is 13.1 Å². The van der Waals surface area contributed by atoms with Crippen molar-refractivity contribution in [3.05, 3.63) is 51.6 Å². The number of amides is 1. The minimum Gasteiger partial charge on any atom is -0.328 e. The topological polar surface area (TPSA) is 42.5 Å². The Bertz CT molecular complexity index is 1170. The van der Waals surface area contributed by atoms with Gasteiger partial charge in [0.1, 0.15) is 17.4 Å². The summed E-state index contributed by atoms with van der Waals surface area (Å²) in [5.41, 5.74) is 4.55. The van der Waals surface area contributed by atoms with Gasteiger partial charge in [0.25, 0.3) is 5.91 Å². The SMILES string of the molecule is CCc1nc2n(-c3c(C)cc(C)cc3C)c(Cl)cn2c1C(=O)N(CC1CC1)CC(F)(F)F. The molecule has 3 aromatic rings. The minimum absolute atomic E-state index is 0.0966. The Balaban J connectivity index is 1.86. The number of halogens is 4. The Morgan fingerprint density at radius 1 is 1.22 bits per heavy atom. The molecule has 1 fully saturated rings. The van der Waals surface area contributed by atoms with Gasteiger partial charge in [-0.1, -0.05) is 36.2 Å². The lowest BCUT2D eigenvalue weighted by molar-refractivity contribution is -0.141. The van der Waals surface area contributed by atoms with Crippen molar-refractivity contribution in [2.45, 2.75) is 53.1 Å². The predicted molar refractivity (Wildman–Crippen MR) is 118 cm³/mol. The first-order valence-electron chi connectivity index (χ1n) is 10.7. The lowest BCUT2D eigenvalue weighted by Crippen LogP contribution is -2.41. The Morgan fingerprint density at radius 3 is 2.38 bits per heavy atom. The van der Waals surface area contributed by atoms with E-state index in [9.17, 15) is 18.0 Å². The molecule has 0 bridgehead atoms. The first-order chi connectivity index (χ1) is 15.0. The van der Waals surface area contributed by atoms with Gasteiger partial charge >= 0.3 is 6.18 Å². The number of benzene rings is 1. The highest BCUT2D eigenvalue weighted by Gasteiger charge is 2.38. The summed E-state index contributed by atoms with van der Waals surface area (Å²) in [6, 6.07) is 4.07. The summed E-state index contributed by atoms with van der Waals surface area (Å²) in [5.74, 6) is -0.116. The molecule has 0 aliphatic heterocycles. The van der Waals surface area contributed by atoms with Crippen LogP contribution in [0.1, 0.15) is 52.6 Å². The highest BCUT2D eigenvalue weighted by molar-refractivity contribution is 6.30. The Kier molecular flexibility index (Phi) is 5.77. The molecule has 1 amide bonds. The van der Waals surface area contributed by atoms with Crippen LogP contribution >= 0.6 is 11.6 Å². The number of imidazole rings is 2. The molecule has 5 nitrogen and oxygen atoms in total. The second kappa shape index (κ2) is 8.14. The van der Waals surface area contributed by atoms with E-state index in [1.807, 2.05) is 39.8 Å². The van der Waals surface area contributed by atoms with E-state index < -0.39 is 18.6 Å². The van der Waals surface area contributed by atoms with Crippen LogP contribution in [-0.4, -0.2) is 44.0 Å². The molecule has 172 valence electrons. The van der Waals surface area contributed by atoms with Gasteiger partial charge in [-0.15, -0.1) is 0 Å². The van der Waals surface area contributed by atoms with Gasteiger partial charge < -0.3 is 4.90 Å². The van der Waals surface area contributed by atoms with E-state index >= 15 is 0 Å². The third-order valence-electron chi connectivity index (χ3n) is 5.84. The average molecular weight is 467 g/mol. The van der Waals surface area contributed by atoms with E-state index in [2.05, 4.69) is 4.98 Å². The van der Waals surface area contributed by atoms with Crippen LogP contribution in [0.4, 0.5) is 13.2 Å². The fraction of sp³-hybridized carbons (Fsp3) is 0.478. The highest BCUT2D eigenvalue weighted by Crippen LogP contribution is 2.33. The fourth-order valence-corrected chi connectivity index (χ4v) is 4.67. The van der Waals surface area contributed by atoms with E-state index in [4.69, 9.17) is 11.6 Å². The van der Waals surface area contributed by atoms with Crippen molar-refractivity contribution in [1.29, 1.82) is 0 Å². The molecule has 2 heterocycles. The molecule has 32 heavy (non-hydrogen) atoms. The molecular weight excluding hydrogens is 441 g/mol. The van der Waals surface area contributed by atoms with Crippen LogP contribution in [0.5, 0.6) is 0 Å². The zero-order chi connectivity index (χ0) is 23.4. The lowest BCUT2D eigenvalue weighted by Gasteiger charge is -2.24. The minimum atomic E-state index is -4.47. The maximum atomic E-state index is 13.4. The second-order valence-electron chi connectivity index (χ2n) is 8.71. The normalized spacial score (nSPS) is 14.4. The molecule has 1 aromatic carbocycles. The van der Waals surface area contributed by atoms with Crippen LogP contribution in [0.25, 0.3) is 11.5 Å². The van der Waals surface area contributed by atoms with Crippen molar-refractivity contribution < 1.29 is 18.0 Å². The van der Waals surface area contributed by atoms with E-state index in [0.29, 0.717) is 23.0 Å². The summed E-state index contributed by atoms with van der Waals surface area (Å²) in [5, 5.41) is 0.337. The van der Waals surface area contributed by atoms with E-state index in [0.717, 1.165) is 40.1 Å². The number of carbonyl (C=O) groups is 1. The van der Waals surface area contributed by atoms with Crippen molar-refractivity contribution in [2.24, 2.45) is 5.92 Å². The molecule has 9 heteroatoms. The van der Waals surface area contributed by atoms with Crippen molar-refractivity contribution in [3.8, 4) is 5.69 Å². The molecule has 0 radical (unpaired) electrons. The van der Waals surface area contributed by atoms with Gasteiger partial charge in [0.15, 0.2) is 0 Å². The number of fused-ring (bicyclic) bond motifs is 1. The molecule has 4 rings (SSSR count). The third-order valence-corrected chi connectivity index (χ3v) is 6.11. The first-order valence-corrected chi connectivity index (χ1v) is 11.1. The Labute approximate surface area is 189 Å². The number of carbonyl (C=O) groups excluding carboxylic acids is 1. The first kappa shape index (κ1) is 22.7. The largest absolute Gasteiger partial charge is 0.406 e. The van der Waals surface area contributed by atoms with E-state index in [-0.39, 0.29) is 18.2 Å². The van der Waals surface area contributed by atoms with Crippen LogP contribution < -0.4 is 0 Å². The average Bonchev–Trinajstić information content (AvgIpc) is 3.34. The molecular formula is C23H26ClF3N4O. The lowest BCUT2D eigenvalue weighted by atomic mass is 10.1. The monoisotopic (exact) mass is 466 g/mol. The van der Waals surface area contributed by atoms with Crippen LogP contribution in [0.3, 0.4) is 0 Å². The summed E-state index contributed by atoms with van der Waals surface area (Å²) in [4.78, 5) is 18.9. The number of hydrogen-bond acceptors (Lipinski definition) is 2. The maximum Gasteiger partial charge on any atom is 0.406 e. The molecule has 0 unspecified atom stereocenters. The van der Waals surface area contributed by atoms with Crippen LogP contribution in [0.2, 0.25) is 5.15 Å². The summed E-state index contributed by atoms with van der Waals surface area (Å²) in [6.45, 7) is 6.61. The second-order valence-corrected chi connectivity index (χ2v) is 9.10. The zero-order valence-electron chi connectivity index (χ0n) is 18.6. The summed E-state index contributed by atoms with van der Waals surface area (Å²) >= 11 is 6.58. The molecule has 0 saturated heterocycles. The van der Waals surface area contributed by atoms with Gasteiger partial charge in [0.05, 0.1) is 11.4 Å². The number of rotatable bonds is 6. The standard InChI is InChI=1S/C23H26ClF3N4O/c1-5-17-20(21(32)29(10-16-6-7-16)12-23(25,26)27)30-11-18(24)31(22(30)28-17)19-14(3)8-13(2)9-15(19)4/h8-9,11,16H,5-7,10,12H2,1-4H3. The van der Waals surface area contributed by atoms with Gasteiger partial charge in [0.2, 0.25) is 5.78 Å². The number of alkyl halides is 3. The molecule has 0 spiro atoms. The van der Waals surface area contributed by atoms with Gasteiger partial charge in [-0.25, -0.2) is 4.98 Å². The van der Waals surface area contributed by atoms with Gasteiger partial charge in [0, 0.05) is 12.7 Å². The predicted octanol–water partition coefficient (Wildman–Crippen LogP) is 5.68. The molecule has 1 aliphatic carbocycles. The van der Waals surface area contributed by atoms with Gasteiger partial charge in [-0.2, -0.15) is 13.2 Å². The molecule has 0 N–H and O–H groups in total. The quantitative estimate of drug-likeness (QED) is 0.469. The smallest absolute Gasteiger partial charge is 0.328 e. The zero-order valence-corrected chi connectivity index (χ0v) is 19.3. The molecule has 1 saturated carbocycles. The van der Waals surface area contributed by atoms with Crippen molar-refractivity contribution in [3.63, 3.8) is 0 Å². The molecule has 1 aliphatic rings. The van der Waals surface area contributed by atoms with Gasteiger partial charge in [-0.05, 0) is 57.1 Å². The van der Waals surface area contributed by atoms with E-state index in [1.165, 1.54) is 0 Å². The number of hydrogen-bond donors (Lipinski definition) is 0. The third kappa shape index (κ3) is 4.25. The molecule has 0 atom stereocenters. The Hall–Kier alpha value is -2.48. The summed E-state index contributed by atoms with van der Waals surface area (Å²) < 4.78 is 43.0. The van der Waals surface area contributed by atoms with Crippen LogP contribution in [0, 0.1) is 26.7 Å². The summed E-state index contributed by atoms with van der Waals surface area (Å²) in [7, 11) is 0. The van der Waals surface area contributed by atoms with Gasteiger partial charge in [-0.3, -0.25) is 13.8 Å². The number of aryl methyl sites for hydroxylation is 4. The number of nitrogens with zero attached hydrogens (tertiary/aromatic N) is 4. The Morgan fingerprint density at radius 2 is 1.84 bits per heavy atom. The number of aromatic nitrogens is 3. The fourth-order valence-electron chi connectivity index (χ4n) is 4.41. The van der Waals surface area contributed by atoms with Crippen LogP contribution in [-0.2, 0) is 6.42 Å². The van der Waals surface area contributed by atoms with Crippen LogP contribution in [0.15, 0.2) is 18.3 Å². The van der Waals surface area contributed by atoms with E-state index in [1.54, 1.807) is 15.2 Å². The van der Waals surface area contributed by atoms with Crippen molar-refractivity contribution >= 4 is 23.3 Å². The van der Waals surface area contributed by atoms with Crippen molar-refractivity contribution in [1.82, 2.24) is 18.9 Å². The molecule has 2 aromatic heterocycles.